The van der Waals surface area contributed by atoms with Crippen LogP contribution in [0.4, 0.5) is 5.69 Å². The van der Waals surface area contributed by atoms with Crippen LogP contribution >= 0.6 is 11.6 Å². The maximum absolute atomic E-state index is 12.1. The average molecular weight is 283 g/mol. The molecule has 1 unspecified atom stereocenters. The third kappa shape index (κ3) is 3.24. The third-order valence-corrected chi connectivity index (χ3v) is 3.47. The highest BCUT2D eigenvalue weighted by Crippen LogP contribution is 2.23. The van der Waals surface area contributed by atoms with Gasteiger partial charge in [-0.2, -0.15) is 0 Å². The molecule has 1 amide bonds. The standard InChI is InChI=1S/C13H15ClN2O3/c1-16-5-4-8(7-16)12(17)15-11-3-2-9(14)6-10(11)13(18)19/h2-3,6,8H,4-5,7H2,1H3,(H,15,17)(H,18,19). The van der Waals surface area contributed by atoms with Crippen LogP contribution in [-0.4, -0.2) is 42.0 Å². The number of carboxylic acids is 1. The van der Waals surface area contributed by atoms with Gasteiger partial charge in [0.05, 0.1) is 17.2 Å². The molecule has 0 radical (unpaired) electrons. The van der Waals surface area contributed by atoms with Crippen LogP contribution in [0.25, 0.3) is 0 Å². The van der Waals surface area contributed by atoms with Crippen LogP contribution in [0.15, 0.2) is 18.2 Å². The number of carbonyl (C=O) groups is 2. The minimum Gasteiger partial charge on any atom is -0.478 e. The molecule has 102 valence electrons. The van der Waals surface area contributed by atoms with Crippen molar-refractivity contribution in [1.82, 2.24) is 4.90 Å². The van der Waals surface area contributed by atoms with Crippen molar-refractivity contribution in [2.45, 2.75) is 6.42 Å². The molecule has 1 saturated heterocycles. The van der Waals surface area contributed by atoms with Crippen LogP contribution in [0.5, 0.6) is 0 Å². The Bertz CT molecular complexity index is 519. The number of nitrogens with zero attached hydrogens (tertiary/aromatic N) is 1. The highest BCUT2D eigenvalue weighted by atomic mass is 35.5. The zero-order valence-electron chi connectivity index (χ0n) is 10.5. The fourth-order valence-electron chi connectivity index (χ4n) is 2.19. The van der Waals surface area contributed by atoms with Gasteiger partial charge in [0.25, 0.3) is 0 Å². The Kier molecular flexibility index (Phi) is 4.07. The fourth-order valence-corrected chi connectivity index (χ4v) is 2.36. The van der Waals surface area contributed by atoms with Gasteiger partial charge in [0, 0.05) is 11.6 Å². The fraction of sp³-hybridized carbons (Fsp3) is 0.385. The summed E-state index contributed by atoms with van der Waals surface area (Å²) in [6, 6.07) is 4.41. The van der Waals surface area contributed by atoms with E-state index in [1.165, 1.54) is 12.1 Å². The number of halogens is 1. The van der Waals surface area contributed by atoms with Crippen LogP contribution < -0.4 is 5.32 Å². The lowest BCUT2D eigenvalue weighted by Gasteiger charge is -2.13. The van der Waals surface area contributed by atoms with E-state index in [1.54, 1.807) is 6.07 Å². The van der Waals surface area contributed by atoms with Crippen LogP contribution in [0.1, 0.15) is 16.8 Å². The van der Waals surface area contributed by atoms with Gasteiger partial charge < -0.3 is 15.3 Å². The molecule has 1 aromatic carbocycles. The van der Waals surface area contributed by atoms with Crippen molar-refractivity contribution >= 4 is 29.2 Å². The Hall–Kier alpha value is -1.59. The second-order valence-electron chi connectivity index (χ2n) is 4.73. The first-order chi connectivity index (χ1) is 8.97. The van der Waals surface area contributed by atoms with Gasteiger partial charge in [-0.3, -0.25) is 4.79 Å². The number of hydrogen-bond acceptors (Lipinski definition) is 3. The number of benzene rings is 1. The Balaban J connectivity index is 2.14. The third-order valence-electron chi connectivity index (χ3n) is 3.23. The van der Waals surface area contributed by atoms with Crippen molar-refractivity contribution in [1.29, 1.82) is 0 Å². The summed E-state index contributed by atoms with van der Waals surface area (Å²) in [5.41, 5.74) is 0.295. The number of nitrogens with one attached hydrogen (secondary N) is 1. The molecule has 1 aliphatic heterocycles. The lowest BCUT2D eigenvalue weighted by molar-refractivity contribution is -0.119. The molecular weight excluding hydrogens is 268 g/mol. The second kappa shape index (κ2) is 5.59. The smallest absolute Gasteiger partial charge is 0.337 e. The van der Waals surface area contributed by atoms with Gasteiger partial charge in [-0.05, 0) is 38.2 Å². The van der Waals surface area contributed by atoms with E-state index in [4.69, 9.17) is 16.7 Å². The molecule has 0 saturated carbocycles. The van der Waals surface area contributed by atoms with Crippen molar-refractivity contribution in [3.8, 4) is 0 Å². The number of likely N-dealkylation sites (tertiary alicyclic amines) is 1. The maximum atomic E-state index is 12.1. The van der Waals surface area contributed by atoms with Crippen LogP contribution in [0.3, 0.4) is 0 Å². The molecule has 0 spiro atoms. The molecule has 5 nitrogen and oxygen atoms in total. The molecule has 19 heavy (non-hydrogen) atoms. The van der Waals surface area contributed by atoms with Crippen molar-refractivity contribution in [3.63, 3.8) is 0 Å². The predicted molar refractivity (Wildman–Crippen MR) is 72.6 cm³/mol. The van der Waals surface area contributed by atoms with E-state index in [0.717, 1.165) is 13.0 Å². The SMILES string of the molecule is CN1CCC(C(=O)Nc2ccc(Cl)cc2C(=O)O)C1. The Morgan fingerprint density at radius 1 is 1.47 bits per heavy atom. The minimum atomic E-state index is -1.11. The lowest BCUT2D eigenvalue weighted by Crippen LogP contribution is -2.26. The molecule has 0 aromatic heterocycles. The average Bonchev–Trinajstić information content (AvgIpc) is 2.78. The van der Waals surface area contributed by atoms with Crippen LogP contribution in [0, 0.1) is 5.92 Å². The molecule has 0 aliphatic carbocycles. The number of amides is 1. The summed E-state index contributed by atoms with van der Waals surface area (Å²) >= 11 is 5.76. The second-order valence-corrected chi connectivity index (χ2v) is 5.17. The summed E-state index contributed by atoms with van der Waals surface area (Å²) in [6.07, 6.45) is 0.790. The summed E-state index contributed by atoms with van der Waals surface area (Å²) in [6.45, 7) is 1.58. The molecule has 6 heteroatoms. The first kappa shape index (κ1) is 13.8. The molecular formula is C13H15ClN2O3. The predicted octanol–water partition coefficient (Wildman–Crippen LogP) is 1.93. The molecule has 1 aromatic rings. The van der Waals surface area contributed by atoms with Gasteiger partial charge >= 0.3 is 5.97 Å². The largest absolute Gasteiger partial charge is 0.478 e. The molecule has 0 bridgehead atoms. The van der Waals surface area contributed by atoms with E-state index in [1.807, 2.05) is 7.05 Å². The topological polar surface area (TPSA) is 69.6 Å². The van der Waals surface area contributed by atoms with Crippen LogP contribution in [-0.2, 0) is 4.79 Å². The van der Waals surface area contributed by atoms with Crippen LogP contribution in [0.2, 0.25) is 5.02 Å². The van der Waals surface area contributed by atoms with Gasteiger partial charge in [0.15, 0.2) is 0 Å². The number of aromatic carboxylic acids is 1. The first-order valence-corrected chi connectivity index (χ1v) is 6.37. The molecule has 2 N–H and O–H groups in total. The number of anilines is 1. The van der Waals surface area contributed by atoms with E-state index in [0.29, 0.717) is 11.6 Å². The number of carboxylic acid groups (broad SMARTS) is 1. The number of carbonyl (C=O) groups excluding carboxylic acids is 1. The van der Waals surface area contributed by atoms with Gasteiger partial charge in [-0.1, -0.05) is 11.6 Å². The molecule has 2 rings (SSSR count). The van der Waals surface area contributed by atoms with E-state index < -0.39 is 5.97 Å². The van der Waals surface area contributed by atoms with Crippen molar-refractivity contribution in [2.75, 3.05) is 25.5 Å². The van der Waals surface area contributed by atoms with Crippen molar-refractivity contribution in [2.24, 2.45) is 5.92 Å². The van der Waals surface area contributed by atoms with Gasteiger partial charge in [0.2, 0.25) is 5.91 Å². The Morgan fingerprint density at radius 3 is 2.79 bits per heavy atom. The maximum Gasteiger partial charge on any atom is 0.337 e. The quantitative estimate of drug-likeness (QED) is 0.889. The highest BCUT2D eigenvalue weighted by Gasteiger charge is 2.26. The summed E-state index contributed by atoms with van der Waals surface area (Å²) in [5, 5.41) is 12.1. The summed E-state index contributed by atoms with van der Waals surface area (Å²) in [7, 11) is 1.96. The van der Waals surface area contributed by atoms with Gasteiger partial charge in [-0.15, -0.1) is 0 Å². The Morgan fingerprint density at radius 2 is 2.21 bits per heavy atom. The Labute approximate surface area is 116 Å². The molecule has 1 atom stereocenters. The summed E-state index contributed by atoms with van der Waals surface area (Å²) in [5.74, 6) is -1.35. The number of rotatable bonds is 3. The van der Waals surface area contributed by atoms with E-state index in [-0.39, 0.29) is 23.1 Å². The normalized spacial score (nSPS) is 19.4. The lowest BCUT2D eigenvalue weighted by atomic mass is 10.1. The highest BCUT2D eigenvalue weighted by molar-refractivity contribution is 6.31. The molecule has 1 fully saturated rings. The van der Waals surface area contributed by atoms with E-state index in [9.17, 15) is 9.59 Å². The van der Waals surface area contributed by atoms with Crippen molar-refractivity contribution in [3.05, 3.63) is 28.8 Å². The van der Waals surface area contributed by atoms with E-state index in [2.05, 4.69) is 10.2 Å². The summed E-state index contributed by atoms with van der Waals surface area (Å²) in [4.78, 5) is 25.2. The molecule has 1 heterocycles. The zero-order chi connectivity index (χ0) is 14.0. The van der Waals surface area contributed by atoms with Gasteiger partial charge in [-0.25, -0.2) is 4.79 Å². The van der Waals surface area contributed by atoms with Crippen molar-refractivity contribution < 1.29 is 14.7 Å². The minimum absolute atomic E-state index is 0.00667. The van der Waals surface area contributed by atoms with Gasteiger partial charge in [0.1, 0.15) is 0 Å². The monoisotopic (exact) mass is 282 g/mol. The molecule has 1 aliphatic rings. The summed E-state index contributed by atoms with van der Waals surface area (Å²) < 4.78 is 0. The van der Waals surface area contributed by atoms with E-state index >= 15 is 0 Å². The number of hydrogen-bond donors (Lipinski definition) is 2. The zero-order valence-corrected chi connectivity index (χ0v) is 11.3. The first-order valence-electron chi connectivity index (χ1n) is 5.99.